The van der Waals surface area contributed by atoms with Crippen LogP contribution in [-0.4, -0.2) is 40.9 Å². The molecule has 0 amide bonds. The van der Waals surface area contributed by atoms with Crippen LogP contribution in [0.15, 0.2) is 96.2 Å². The van der Waals surface area contributed by atoms with Crippen molar-refractivity contribution in [2.45, 2.75) is 18.0 Å². The summed E-state index contributed by atoms with van der Waals surface area (Å²) in [5.41, 5.74) is 2.92. The highest BCUT2D eigenvalue weighted by molar-refractivity contribution is 7.89. The Labute approximate surface area is 227 Å². The Balaban J connectivity index is 1.53. The lowest BCUT2D eigenvalue weighted by molar-refractivity contribution is -0.141. The molecule has 0 radical (unpaired) electrons. The molecule has 1 aliphatic heterocycles. The molecule has 2 heterocycles. The smallest absolute Gasteiger partial charge is 0.322 e. The van der Waals surface area contributed by atoms with Crippen molar-refractivity contribution >= 4 is 47.3 Å². The van der Waals surface area contributed by atoms with E-state index < -0.39 is 28.5 Å². The molecule has 1 unspecified atom stereocenters. The topological polar surface area (TPSA) is 87.5 Å². The molecule has 1 fully saturated rings. The van der Waals surface area contributed by atoms with E-state index in [0.29, 0.717) is 21.3 Å². The van der Waals surface area contributed by atoms with Crippen LogP contribution in [0.5, 0.6) is 0 Å². The number of aromatic nitrogens is 2. The van der Waals surface area contributed by atoms with Gasteiger partial charge in [-0.25, -0.2) is 8.89 Å². The fraction of sp³-hybridized carbons (Fsp3) is 0.111. The molecule has 10 heteroatoms. The predicted octanol–water partition coefficient (Wildman–Crippen LogP) is 4.97. The molecule has 188 valence electrons. The van der Waals surface area contributed by atoms with Crippen molar-refractivity contribution in [2.75, 3.05) is 0 Å². The van der Waals surface area contributed by atoms with Gasteiger partial charge < -0.3 is 10.4 Å². The van der Waals surface area contributed by atoms with Crippen LogP contribution in [0.1, 0.15) is 11.1 Å². The number of carboxylic acids is 1. The molecule has 4 aromatic rings. The standard InChI is InChI=1S/C27H23ClN4O3S2/c28-22-14-8-7-13-21(22)25-19(17-31(30-25)20-11-5-2-6-12-20)16-24-29-27(36)32(37(24)35)23(26(33)34)15-18-9-3-1-4-10-18/h1-14,16-17,23,27,29,36H,15H2,(H,33,34)/b24-16-/t23-,27-,37?/m0/s1. The van der Waals surface area contributed by atoms with Gasteiger partial charge in [0, 0.05) is 17.3 Å². The van der Waals surface area contributed by atoms with Crippen molar-refractivity contribution in [1.29, 1.82) is 0 Å². The van der Waals surface area contributed by atoms with Gasteiger partial charge in [0.1, 0.15) is 33.2 Å². The highest BCUT2D eigenvalue weighted by Gasteiger charge is 2.41. The number of hydrogen-bond donors (Lipinski definition) is 3. The van der Waals surface area contributed by atoms with Crippen LogP contribution >= 0.6 is 24.2 Å². The Morgan fingerprint density at radius 2 is 1.73 bits per heavy atom. The second-order valence-electron chi connectivity index (χ2n) is 8.37. The molecule has 37 heavy (non-hydrogen) atoms. The third-order valence-corrected chi connectivity index (χ3v) is 8.26. The van der Waals surface area contributed by atoms with Gasteiger partial charge in [0.2, 0.25) is 0 Å². The fourth-order valence-electron chi connectivity index (χ4n) is 4.16. The van der Waals surface area contributed by atoms with E-state index in [-0.39, 0.29) is 6.42 Å². The fourth-order valence-corrected chi connectivity index (χ4v) is 6.32. The average molecular weight is 551 g/mol. The second kappa shape index (κ2) is 10.9. The van der Waals surface area contributed by atoms with E-state index >= 15 is 0 Å². The van der Waals surface area contributed by atoms with E-state index in [0.717, 1.165) is 16.8 Å². The molecule has 1 saturated heterocycles. The number of aliphatic carboxylic acids is 1. The van der Waals surface area contributed by atoms with Gasteiger partial charge >= 0.3 is 5.97 Å². The molecule has 0 saturated carbocycles. The minimum Gasteiger partial charge on any atom is -0.480 e. The maximum atomic E-state index is 13.6. The van der Waals surface area contributed by atoms with Crippen molar-refractivity contribution in [3.05, 3.63) is 112 Å². The van der Waals surface area contributed by atoms with E-state index in [1.807, 2.05) is 85.1 Å². The van der Waals surface area contributed by atoms with Crippen molar-refractivity contribution in [1.82, 2.24) is 19.4 Å². The highest BCUT2D eigenvalue weighted by atomic mass is 35.5. The van der Waals surface area contributed by atoms with Crippen LogP contribution in [0.25, 0.3) is 23.0 Å². The van der Waals surface area contributed by atoms with E-state index in [9.17, 15) is 14.1 Å². The summed E-state index contributed by atoms with van der Waals surface area (Å²) in [7, 11) is -1.80. The number of nitrogens with one attached hydrogen (secondary N) is 1. The van der Waals surface area contributed by atoms with Gasteiger partial charge in [0.05, 0.1) is 10.7 Å². The summed E-state index contributed by atoms with van der Waals surface area (Å²) < 4.78 is 16.7. The lowest BCUT2D eigenvalue weighted by Gasteiger charge is -2.24. The molecular formula is C27H23ClN4O3S2. The molecular weight excluding hydrogens is 528 g/mol. The minimum absolute atomic E-state index is 0.185. The van der Waals surface area contributed by atoms with Gasteiger partial charge in [-0.05, 0) is 36.3 Å². The maximum absolute atomic E-state index is 13.6. The zero-order valence-corrected chi connectivity index (χ0v) is 21.9. The zero-order chi connectivity index (χ0) is 25.9. The number of carbonyl (C=O) groups is 1. The maximum Gasteiger partial charge on any atom is 0.322 e. The lowest BCUT2D eigenvalue weighted by Crippen LogP contribution is -2.45. The largest absolute Gasteiger partial charge is 0.480 e. The Morgan fingerprint density at radius 3 is 2.41 bits per heavy atom. The third-order valence-electron chi connectivity index (χ3n) is 5.93. The summed E-state index contributed by atoms with van der Waals surface area (Å²) in [6, 6.07) is 25.2. The molecule has 3 atom stereocenters. The first-order valence-electron chi connectivity index (χ1n) is 11.5. The summed E-state index contributed by atoms with van der Waals surface area (Å²) in [4.78, 5) is 12.2. The van der Waals surface area contributed by atoms with Crippen molar-refractivity contribution in [2.24, 2.45) is 0 Å². The molecule has 3 aromatic carbocycles. The number of thiol groups is 1. The minimum atomic E-state index is -1.80. The van der Waals surface area contributed by atoms with Crippen LogP contribution in [-0.2, 0) is 22.2 Å². The van der Waals surface area contributed by atoms with Gasteiger partial charge in [0.15, 0.2) is 0 Å². The molecule has 1 aromatic heterocycles. The lowest BCUT2D eigenvalue weighted by atomic mass is 10.1. The van der Waals surface area contributed by atoms with E-state index in [4.69, 9.17) is 16.7 Å². The van der Waals surface area contributed by atoms with E-state index in [1.54, 1.807) is 16.8 Å². The van der Waals surface area contributed by atoms with Crippen LogP contribution in [0.3, 0.4) is 0 Å². The van der Waals surface area contributed by atoms with E-state index in [2.05, 4.69) is 17.9 Å². The van der Waals surface area contributed by atoms with Crippen LogP contribution in [0.4, 0.5) is 0 Å². The van der Waals surface area contributed by atoms with Crippen LogP contribution in [0, 0.1) is 0 Å². The summed E-state index contributed by atoms with van der Waals surface area (Å²) >= 11 is 11.0. The first kappa shape index (κ1) is 25.3. The number of carboxylic acid groups (broad SMARTS) is 1. The molecule has 7 nitrogen and oxygen atoms in total. The third kappa shape index (κ3) is 5.35. The number of nitrogens with zero attached hydrogens (tertiary/aromatic N) is 3. The van der Waals surface area contributed by atoms with Gasteiger partial charge in [-0.1, -0.05) is 78.3 Å². The number of para-hydroxylation sites is 1. The number of benzene rings is 3. The molecule has 0 spiro atoms. The van der Waals surface area contributed by atoms with Gasteiger partial charge in [-0.15, -0.1) is 12.6 Å². The molecule has 0 aliphatic carbocycles. The van der Waals surface area contributed by atoms with Crippen LogP contribution in [0.2, 0.25) is 5.02 Å². The number of halogens is 1. The zero-order valence-electron chi connectivity index (χ0n) is 19.4. The second-order valence-corrected chi connectivity index (χ2v) is 10.6. The summed E-state index contributed by atoms with van der Waals surface area (Å²) in [6.07, 6.45) is 3.73. The first-order chi connectivity index (χ1) is 17.9. The normalized spacial score (nSPS) is 19.6. The Morgan fingerprint density at radius 1 is 1.08 bits per heavy atom. The van der Waals surface area contributed by atoms with Crippen molar-refractivity contribution in [3.8, 4) is 16.9 Å². The molecule has 2 N–H and O–H groups in total. The quantitative estimate of drug-likeness (QED) is 0.283. The monoisotopic (exact) mass is 550 g/mol. The van der Waals surface area contributed by atoms with Gasteiger partial charge in [-0.2, -0.15) is 9.40 Å². The average Bonchev–Trinajstić information content (AvgIpc) is 3.44. The first-order valence-corrected chi connectivity index (χ1v) is 13.5. The number of rotatable bonds is 7. The Bertz CT molecular complexity index is 1480. The SMILES string of the molecule is O=C(O)[C@H](Cc1ccccc1)N1[C@@H](S)N/C(=C/c2cn(-c3ccccc3)nc2-c2ccccc2Cl)S1=O. The van der Waals surface area contributed by atoms with Crippen molar-refractivity contribution in [3.63, 3.8) is 0 Å². The van der Waals surface area contributed by atoms with Crippen molar-refractivity contribution < 1.29 is 14.1 Å². The predicted molar refractivity (Wildman–Crippen MR) is 149 cm³/mol. The summed E-state index contributed by atoms with van der Waals surface area (Å²) in [6.45, 7) is 0. The van der Waals surface area contributed by atoms with E-state index in [1.165, 1.54) is 4.31 Å². The summed E-state index contributed by atoms with van der Waals surface area (Å²) in [5.74, 6) is -1.08. The van der Waals surface area contributed by atoms with Gasteiger partial charge in [-0.3, -0.25) is 4.79 Å². The van der Waals surface area contributed by atoms with Crippen LogP contribution < -0.4 is 5.32 Å². The molecule has 0 bridgehead atoms. The Kier molecular flexibility index (Phi) is 7.48. The Hall–Kier alpha value is -3.37. The summed E-state index contributed by atoms with van der Waals surface area (Å²) in [5, 5.41) is 18.7. The number of hydrogen-bond acceptors (Lipinski definition) is 5. The molecule has 5 rings (SSSR count). The van der Waals surface area contributed by atoms with Gasteiger partial charge in [0.25, 0.3) is 0 Å². The molecule has 1 aliphatic rings. The highest BCUT2D eigenvalue weighted by Crippen LogP contribution is 2.33.